The van der Waals surface area contributed by atoms with Gasteiger partial charge >= 0.3 is 0 Å². The lowest BCUT2D eigenvalue weighted by molar-refractivity contribution is -0.123. The molecular weight excluding hydrogens is 512 g/mol. The van der Waals surface area contributed by atoms with Gasteiger partial charge in [0, 0.05) is 13.0 Å². The van der Waals surface area contributed by atoms with Crippen LogP contribution in [0.4, 0.5) is 0 Å². The average Bonchev–Trinajstić information content (AvgIpc) is 3.48. The number of benzene rings is 2. The number of likely N-dealkylation sites (tertiary alicyclic amines) is 1. The first-order chi connectivity index (χ1) is 18.9. The molecule has 0 radical (unpaired) electrons. The van der Waals surface area contributed by atoms with Crippen LogP contribution in [0, 0.1) is 0 Å². The lowest BCUT2D eigenvalue weighted by Gasteiger charge is -2.29. The third kappa shape index (κ3) is 9.33. The number of aliphatic hydroxyl groups excluding tert-OH is 1. The summed E-state index contributed by atoms with van der Waals surface area (Å²) in [5.41, 5.74) is 1.81. The summed E-state index contributed by atoms with van der Waals surface area (Å²) in [6.07, 6.45) is 7.35. The molecule has 1 saturated carbocycles. The van der Waals surface area contributed by atoms with Gasteiger partial charge < -0.3 is 20.1 Å². The minimum absolute atomic E-state index is 0.142. The van der Waals surface area contributed by atoms with Crippen LogP contribution in [-0.2, 0) is 21.2 Å². The first-order valence-corrected chi connectivity index (χ1v) is 16.3. The Balaban J connectivity index is 1.28. The molecule has 1 amide bonds. The van der Waals surface area contributed by atoms with Crippen molar-refractivity contribution in [3.05, 3.63) is 65.7 Å². The maximum Gasteiger partial charge on any atom is 0.220 e. The standard InChI is InChI=1S/C31H44N2O5S/c34-30(15-7-10-22-39(36,37)28-13-5-2-6-14-28)32-29(23-33-20-8-9-21-33)31(35)26-16-18-27(19-17-26)38-24-25-11-3-1-4-12-25/h1,3-4,11-12,16-19,28-29,31,35H,2,5-10,13-15,20-24H2,(H,32,34)/t29-,31+/m1/s1. The Kier molecular flexibility index (Phi) is 11.2. The van der Waals surface area contributed by atoms with Crippen molar-refractivity contribution in [3.8, 4) is 5.75 Å². The number of unbranched alkanes of at least 4 members (excludes halogenated alkanes) is 1. The molecule has 2 aromatic carbocycles. The van der Waals surface area contributed by atoms with Crippen LogP contribution in [0.3, 0.4) is 0 Å². The highest BCUT2D eigenvalue weighted by Gasteiger charge is 2.28. The molecule has 8 heteroatoms. The molecule has 0 bridgehead atoms. The van der Waals surface area contributed by atoms with Crippen molar-refractivity contribution >= 4 is 15.7 Å². The molecule has 2 aromatic rings. The summed E-state index contributed by atoms with van der Waals surface area (Å²) in [5.74, 6) is 0.734. The van der Waals surface area contributed by atoms with Crippen LogP contribution in [0.1, 0.15) is 81.4 Å². The molecule has 2 atom stereocenters. The lowest BCUT2D eigenvalue weighted by atomic mass is 10.0. The second-order valence-electron chi connectivity index (χ2n) is 11.1. The Labute approximate surface area is 233 Å². The molecule has 1 saturated heterocycles. The van der Waals surface area contributed by atoms with E-state index in [0.717, 1.165) is 74.9 Å². The van der Waals surface area contributed by atoms with E-state index in [1.54, 1.807) is 0 Å². The summed E-state index contributed by atoms with van der Waals surface area (Å²) >= 11 is 0. The van der Waals surface area contributed by atoms with Crippen molar-refractivity contribution in [2.24, 2.45) is 0 Å². The van der Waals surface area contributed by atoms with Gasteiger partial charge in [-0.05, 0) is 74.9 Å². The van der Waals surface area contributed by atoms with Gasteiger partial charge in [-0.25, -0.2) is 8.42 Å². The maximum absolute atomic E-state index is 12.9. The minimum atomic E-state index is -3.08. The number of carbonyl (C=O) groups excluding carboxylic acids is 1. The van der Waals surface area contributed by atoms with E-state index in [1.807, 2.05) is 54.6 Å². The van der Waals surface area contributed by atoms with Gasteiger partial charge in [0.15, 0.2) is 9.84 Å². The van der Waals surface area contributed by atoms with Gasteiger partial charge in [-0.15, -0.1) is 0 Å². The molecule has 214 valence electrons. The smallest absolute Gasteiger partial charge is 0.220 e. The Hall–Kier alpha value is -2.42. The molecule has 1 aliphatic carbocycles. The van der Waals surface area contributed by atoms with E-state index in [4.69, 9.17) is 4.74 Å². The summed E-state index contributed by atoms with van der Waals surface area (Å²) in [7, 11) is -3.08. The molecule has 39 heavy (non-hydrogen) atoms. The van der Waals surface area contributed by atoms with Gasteiger partial charge in [0.2, 0.25) is 5.91 Å². The number of nitrogens with zero attached hydrogens (tertiary/aromatic N) is 1. The number of aliphatic hydroxyl groups is 1. The van der Waals surface area contributed by atoms with Crippen molar-refractivity contribution in [2.45, 2.75) is 88.2 Å². The topological polar surface area (TPSA) is 95.9 Å². The van der Waals surface area contributed by atoms with Crippen LogP contribution < -0.4 is 10.1 Å². The largest absolute Gasteiger partial charge is 0.489 e. The summed E-state index contributed by atoms with van der Waals surface area (Å²) in [4.78, 5) is 15.1. The zero-order chi connectivity index (χ0) is 27.5. The summed E-state index contributed by atoms with van der Waals surface area (Å²) in [6, 6.07) is 16.9. The SMILES string of the molecule is O=C(CCCCS(=O)(=O)C1CCCCC1)N[C@H](CN1CCCC1)[C@@H](O)c1ccc(OCc2ccccc2)cc1. The number of rotatable bonds is 14. The molecule has 0 spiro atoms. The maximum atomic E-state index is 12.9. The molecule has 0 unspecified atom stereocenters. The lowest BCUT2D eigenvalue weighted by Crippen LogP contribution is -2.46. The molecule has 7 nitrogen and oxygen atoms in total. The highest BCUT2D eigenvalue weighted by molar-refractivity contribution is 7.92. The van der Waals surface area contributed by atoms with Gasteiger partial charge in [0.1, 0.15) is 18.5 Å². The third-order valence-electron chi connectivity index (χ3n) is 7.99. The summed E-state index contributed by atoms with van der Waals surface area (Å²) < 4.78 is 31.1. The van der Waals surface area contributed by atoms with E-state index in [-0.39, 0.29) is 23.3 Å². The number of nitrogens with one attached hydrogen (secondary N) is 1. The summed E-state index contributed by atoms with van der Waals surface area (Å²) in [6.45, 7) is 2.97. The first-order valence-electron chi connectivity index (χ1n) is 14.6. The monoisotopic (exact) mass is 556 g/mol. The Morgan fingerprint density at radius 2 is 1.64 bits per heavy atom. The normalized spacial score (nSPS) is 18.5. The fraction of sp³-hybridized carbons (Fsp3) is 0.581. The van der Waals surface area contributed by atoms with Crippen molar-refractivity contribution in [1.29, 1.82) is 0 Å². The van der Waals surface area contributed by atoms with Gasteiger partial charge in [-0.2, -0.15) is 0 Å². The van der Waals surface area contributed by atoms with Gasteiger partial charge in [-0.1, -0.05) is 61.7 Å². The van der Waals surface area contributed by atoms with E-state index in [1.165, 1.54) is 0 Å². The van der Waals surface area contributed by atoms with Crippen LogP contribution >= 0.6 is 0 Å². The zero-order valence-electron chi connectivity index (χ0n) is 23.0. The number of hydrogen-bond acceptors (Lipinski definition) is 6. The fourth-order valence-electron chi connectivity index (χ4n) is 5.66. The van der Waals surface area contributed by atoms with Gasteiger partial charge in [0.05, 0.1) is 17.0 Å². The van der Waals surface area contributed by atoms with E-state index in [2.05, 4.69) is 10.2 Å². The van der Waals surface area contributed by atoms with Crippen LogP contribution in [0.25, 0.3) is 0 Å². The minimum Gasteiger partial charge on any atom is -0.489 e. The van der Waals surface area contributed by atoms with Crippen LogP contribution in [-0.4, -0.2) is 61.0 Å². The predicted molar refractivity (Wildman–Crippen MR) is 154 cm³/mol. The highest BCUT2D eigenvalue weighted by atomic mass is 32.2. The first kappa shape index (κ1) is 29.6. The highest BCUT2D eigenvalue weighted by Crippen LogP contribution is 2.25. The van der Waals surface area contributed by atoms with Crippen LogP contribution in [0.15, 0.2) is 54.6 Å². The van der Waals surface area contributed by atoms with E-state index in [0.29, 0.717) is 26.0 Å². The quantitative estimate of drug-likeness (QED) is 0.325. The Morgan fingerprint density at radius 3 is 2.33 bits per heavy atom. The second kappa shape index (κ2) is 14.8. The van der Waals surface area contributed by atoms with Crippen molar-refractivity contribution in [3.63, 3.8) is 0 Å². The Bertz CT molecular complexity index is 1110. The average molecular weight is 557 g/mol. The van der Waals surface area contributed by atoms with Crippen molar-refractivity contribution < 1.29 is 23.1 Å². The van der Waals surface area contributed by atoms with E-state index >= 15 is 0 Å². The van der Waals surface area contributed by atoms with E-state index in [9.17, 15) is 18.3 Å². The zero-order valence-corrected chi connectivity index (χ0v) is 23.8. The number of sulfone groups is 1. The third-order valence-corrected chi connectivity index (χ3v) is 10.3. The molecule has 2 aliphatic rings. The Morgan fingerprint density at radius 1 is 0.949 bits per heavy atom. The van der Waals surface area contributed by atoms with E-state index < -0.39 is 22.0 Å². The van der Waals surface area contributed by atoms with Crippen molar-refractivity contribution in [1.82, 2.24) is 10.2 Å². The molecule has 2 fully saturated rings. The van der Waals surface area contributed by atoms with Gasteiger partial charge in [-0.3, -0.25) is 4.79 Å². The number of ether oxygens (including phenoxy) is 1. The molecule has 1 aliphatic heterocycles. The van der Waals surface area contributed by atoms with Crippen LogP contribution in [0.2, 0.25) is 0 Å². The molecular formula is C31H44N2O5S. The number of amides is 1. The van der Waals surface area contributed by atoms with Crippen LogP contribution in [0.5, 0.6) is 5.75 Å². The molecule has 1 heterocycles. The number of carbonyl (C=O) groups is 1. The van der Waals surface area contributed by atoms with Crippen molar-refractivity contribution in [2.75, 3.05) is 25.4 Å². The second-order valence-corrected chi connectivity index (χ2v) is 13.5. The summed E-state index contributed by atoms with van der Waals surface area (Å²) in [5, 5.41) is 14.1. The number of hydrogen-bond donors (Lipinski definition) is 2. The van der Waals surface area contributed by atoms with Gasteiger partial charge in [0.25, 0.3) is 0 Å². The molecule has 0 aromatic heterocycles. The molecule has 4 rings (SSSR count). The molecule has 2 N–H and O–H groups in total. The fourth-order valence-corrected chi connectivity index (χ4v) is 7.65. The predicted octanol–water partition coefficient (Wildman–Crippen LogP) is 4.80.